The number of amides is 2. The van der Waals surface area contributed by atoms with Gasteiger partial charge in [0.25, 0.3) is 5.69 Å². The molecule has 0 fully saturated rings. The summed E-state index contributed by atoms with van der Waals surface area (Å²) in [5.41, 5.74) is 1.70. The first kappa shape index (κ1) is 26.7. The molecule has 0 aliphatic rings. The van der Waals surface area contributed by atoms with E-state index in [2.05, 4.69) is 5.32 Å². The third kappa shape index (κ3) is 8.05. The number of nitro benzene ring substituents is 1. The molecule has 2 aromatic rings. The summed E-state index contributed by atoms with van der Waals surface area (Å²) in [7, 11) is 0. The molecule has 0 saturated carbocycles. The van der Waals surface area contributed by atoms with Crippen LogP contribution >= 0.6 is 23.4 Å². The number of rotatable bonds is 12. The van der Waals surface area contributed by atoms with E-state index in [0.29, 0.717) is 17.2 Å². The van der Waals surface area contributed by atoms with E-state index < -0.39 is 11.0 Å². The van der Waals surface area contributed by atoms with E-state index in [9.17, 15) is 19.7 Å². The molecule has 2 aromatic carbocycles. The maximum absolute atomic E-state index is 13.2. The van der Waals surface area contributed by atoms with E-state index in [1.165, 1.54) is 23.9 Å². The predicted octanol–water partition coefficient (Wildman–Crippen LogP) is 5.20. The summed E-state index contributed by atoms with van der Waals surface area (Å²) in [5.74, 6) is 0.370. The molecule has 0 radical (unpaired) electrons. The number of thioether (sulfide) groups is 1. The number of halogens is 1. The Kier molecular flexibility index (Phi) is 10.7. The van der Waals surface area contributed by atoms with E-state index >= 15 is 0 Å². The van der Waals surface area contributed by atoms with Gasteiger partial charge in [-0.2, -0.15) is 0 Å². The van der Waals surface area contributed by atoms with Crippen molar-refractivity contribution in [3.05, 3.63) is 74.8 Å². The molecule has 0 aliphatic carbocycles. The molecule has 9 heteroatoms. The quantitative estimate of drug-likeness (QED) is 0.325. The summed E-state index contributed by atoms with van der Waals surface area (Å²) < 4.78 is 0. The number of nitrogens with one attached hydrogen (secondary N) is 1. The topological polar surface area (TPSA) is 92.6 Å². The number of non-ortho nitro benzene ring substituents is 1. The second-order valence-electron chi connectivity index (χ2n) is 7.77. The van der Waals surface area contributed by atoms with Crippen molar-refractivity contribution in [3.63, 3.8) is 0 Å². The zero-order chi connectivity index (χ0) is 24.4. The molecular formula is C24H30ClN3O4S. The Morgan fingerprint density at radius 2 is 1.79 bits per heavy atom. The molecule has 0 saturated heterocycles. The molecule has 0 spiro atoms. The third-order valence-corrected chi connectivity index (χ3v) is 6.68. The first-order valence-electron chi connectivity index (χ1n) is 10.9. The lowest BCUT2D eigenvalue weighted by molar-refractivity contribution is -0.384. The average Bonchev–Trinajstić information content (AvgIpc) is 2.80. The number of nitrogens with zero attached hydrogens (tertiary/aromatic N) is 2. The average molecular weight is 492 g/mol. The van der Waals surface area contributed by atoms with Gasteiger partial charge in [-0.05, 0) is 37.0 Å². The second kappa shape index (κ2) is 13.2. The lowest BCUT2D eigenvalue weighted by Crippen LogP contribution is -2.51. The molecule has 7 nitrogen and oxygen atoms in total. The fourth-order valence-corrected chi connectivity index (χ4v) is 4.29. The highest BCUT2D eigenvalue weighted by atomic mass is 35.5. The summed E-state index contributed by atoms with van der Waals surface area (Å²) in [6.45, 7) is 6.05. The van der Waals surface area contributed by atoms with Crippen LogP contribution in [-0.4, -0.2) is 39.5 Å². The van der Waals surface area contributed by atoms with Crippen LogP contribution in [0.4, 0.5) is 5.69 Å². The first-order chi connectivity index (χ1) is 15.8. The Labute approximate surface area is 204 Å². The SMILES string of the molecule is CC[C@@H](C)NC(=O)[C@H](CC)N(Cc1ccccc1Cl)C(=O)CSCc1ccc([N+](=O)[O-])cc1. The smallest absolute Gasteiger partial charge is 0.269 e. The van der Waals surface area contributed by atoms with Gasteiger partial charge in [-0.1, -0.05) is 55.8 Å². The van der Waals surface area contributed by atoms with E-state index in [1.807, 2.05) is 39.0 Å². The molecule has 0 aromatic heterocycles. The molecular weight excluding hydrogens is 462 g/mol. The van der Waals surface area contributed by atoms with Gasteiger partial charge in [0.2, 0.25) is 11.8 Å². The van der Waals surface area contributed by atoms with Crippen LogP contribution in [0.2, 0.25) is 5.02 Å². The van der Waals surface area contributed by atoms with Crippen molar-refractivity contribution in [1.29, 1.82) is 0 Å². The zero-order valence-corrected chi connectivity index (χ0v) is 20.7. The second-order valence-corrected chi connectivity index (χ2v) is 9.16. The molecule has 0 unspecified atom stereocenters. The van der Waals surface area contributed by atoms with Crippen molar-refractivity contribution < 1.29 is 14.5 Å². The van der Waals surface area contributed by atoms with Gasteiger partial charge in [-0.25, -0.2) is 0 Å². The Morgan fingerprint density at radius 3 is 2.36 bits per heavy atom. The summed E-state index contributed by atoms with van der Waals surface area (Å²) in [6, 6.07) is 13.0. The summed E-state index contributed by atoms with van der Waals surface area (Å²) in [6.07, 6.45) is 1.28. The van der Waals surface area contributed by atoms with Crippen LogP contribution in [-0.2, 0) is 21.9 Å². The number of benzene rings is 2. The van der Waals surface area contributed by atoms with Gasteiger partial charge in [-0.3, -0.25) is 19.7 Å². The van der Waals surface area contributed by atoms with Gasteiger partial charge in [0.15, 0.2) is 0 Å². The van der Waals surface area contributed by atoms with Gasteiger partial charge >= 0.3 is 0 Å². The normalized spacial score (nSPS) is 12.6. The van der Waals surface area contributed by atoms with Crippen molar-refractivity contribution in [2.45, 2.75) is 58.0 Å². The van der Waals surface area contributed by atoms with Gasteiger partial charge < -0.3 is 10.2 Å². The Morgan fingerprint density at radius 1 is 1.12 bits per heavy atom. The van der Waals surface area contributed by atoms with Crippen molar-refractivity contribution in [2.24, 2.45) is 0 Å². The largest absolute Gasteiger partial charge is 0.352 e. The number of carbonyl (C=O) groups is 2. The minimum atomic E-state index is -0.609. The van der Waals surface area contributed by atoms with Crippen LogP contribution in [0.5, 0.6) is 0 Å². The lowest BCUT2D eigenvalue weighted by Gasteiger charge is -2.31. The van der Waals surface area contributed by atoms with Crippen molar-refractivity contribution in [3.8, 4) is 0 Å². The van der Waals surface area contributed by atoms with E-state index in [1.54, 1.807) is 23.1 Å². The fraction of sp³-hybridized carbons (Fsp3) is 0.417. The predicted molar refractivity (Wildman–Crippen MR) is 133 cm³/mol. The number of hydrogen-bond acceptors (Lipinski definition) is 5. The third-order valence-electron chi connectivity index (χ3n) is 5.33. The number of carbonyl (C=O) groups excluding carboxylic acids is 2. The Balaban J connectivity index is 2.13. The highest BCUT2D eigenvalue weighted by molar-refractivity contribution is 7.99. The highest BCUT2D eigenvalue weighted by Gasteiger charge is 2.29. The molecule has 2 rings (SSSR count). The van der Waals surface area contributed by atoms with Crippen LogP contribution in [0.1, 0.15) is 44.7 Å². The van der Waals surface area contributed by atoms with Crippen LogP contribution in [0.15, 0.2) is 48.5 Å². The Hall–Kier alpha value is -2.58. The molecule has 0 bridgehead atoms. The van der Waals surface area contributed by atoms with E-state index in [-0.39, 0.29) is 35.8 Å². The molecule has 2 atom stereocenters. The van der Waals surface area contributed by atoms with Crippen molar-refractivity contribution in [2.75, 3.05) is 5.75 Å². The van der Waals surface area contributed by atoms with Crippen LogP contribution in [0.3, 0.4) is 0 Å². The molecule has 0 aliphatic heterocycles. The van der Waals surface area contributed by atoms with Crippen LogP contribution in [0, 0.1) is 10.1 Å². The monoisotopic (exact) mass is 491 g/mol. The molecule has 2 amide bonds. The maximum Gasteiger partial charge on any atom is 0.269 e. The number of nitro groups is 1. The molecule has 33 heavy (non-hydrogen) atoms. The molecule has 178 valence electrons. The standard InChI is InChI=1S/C24H30ClN3O4S/c1-4-17(3)26-24(30)22(5-2)27(14-19-8-6-7-9-21(19)25)23(29)16-33-15-18-10-12-20(13-11-18)28(31)32/h6-13,17,22H,4-5,14-16H2,1-3H3,(H,26,30)/t17-,22+/m1/s1. The van der Waals surface area contributed by atoms with Crippen molar-refractivity contribution >= 4 is 40.9 Å². The van der Waals surface area contributed by atoms with E-state index in [4.69, 9.17) is 11.6 Å². The minimum Gasteiger partial charge on any atom is -0.352 e. The van der Waals surface area contributed by atoms with Crippen molar-refractivity contribution in [1.82, 2.24) is 10.2 Å². The van der Waals surface area contributed by atoms with Gasteiger partial charge in [0.05, 0.1) is 10.7 Å². The van der Waals surface area contributed by atoms with Crippen LogP contribution < -0.4 is 5.32 Å². The fourth-order valence-electron chi connectivity index (χ4n) is 3.22. The van der Waals surface area contributed by atoms with Gasteiger partial charge in [0.1, 0.15) is 6.04 Å². The minimum absolute atomic E-state index is 0.0142. The molecule has 1 N–H and O–H groups in total. The molecule has 0 heterocycles. The zero-order valence-electron chi connectivity index (χ0n) is 19.1. The maximum atomic E-state index is 13.2. The lowest BCUT2D eigenvalue weighted by atomic mass is 10.1. The summed E-state index contributed by atoms with van der Waals surface area (Å²) >= 11 is 7.74. The van der Waals surface area contributed by atoms with Gasteiger partial charge in [0, 0.05) is 35.5 Å². The first-order valence-corrected chi connectivity index (χ1v) is 12.4. The summed E-state index contributed by atoms with van der Waals surface area (Å²) in [4.78, 5) is 38.2. The van der Waals surface area contributed by atoms with E-state index in [0.717, 1.165) is 17.5 Å². The highest BCUT2D eigenvalue weighted by Crippen LogP contribution is 2.22. The van der Waals surface area contributed by atoms with Gasteiger partial charge in [-0.15, -0.1) is 11.8 Å². The van der Waals surface area contributed by atoms with Crippen LogP contribution in [0.25, 0.3) is 0 Å². The summed E-state index contributed by atoms with van der Waals surface area (Å²) in [5, 5.41) is 14.3. The number of hydrogen-bond donors (Lipinski definition) is 1. The Bertz CT molecular complexity index is 955.